The minimum atomic E-state index is -0.865. The van der Waals surface area contributed by atoms with Crippen molar-refractivity contribution in [3.63, 3.8) is 0 Å². The standard InChI is InChI=1S/C17H24N2O3/c1-22-16(21)17(10-4-2-3-5-11-17)19-15(20)12-13-6-8-14(18)9-7-13/h6-9H,2-5,10-12,18H2,1H3,(H,19,20). The van der Waals surface area contributed by atoms with Crippen LogP contribution in [0.5, 0.6) is 0 Å². The minimum Gasteiger partial charge on any atom is -0.467 e. The lowest BCUT2D eigenvalue weighted by atomic mass is 9.89. The highest BCUT2D eigenvalue weighted by atomic mass is 16.5. The van der Waals surface area contributed by atoms with Gasteiger partial charge in [0.2, 0.25) is 5.91 Å². The molecule has 5 heteroatoms. The lowest BCUT2D eigenvalue weighted by Crippen LogP contribution is -2.55. The quantitative estimate of drug-likeness (QED) is 0.507. The van der Waals surface area contributed by atoms with Crippen molar-refractivity contribution < 1.29 is 14.3 Å². The molecule has 1 amide bonds. The summed E-state index contributed by atoms with van der Waals surface area (Å²) in [7, 11) is 1.38. The van der Waals surface area contributed by atoms with Gasteiger partial charge in [0.05, 0.1) is 13.5 Å². The van der Waals surface area contributed by atoms with Crippen LogP contribution in [0.4, 0.5) is 5.69 Å². The maximum atomic E-state index is 12.4. The number of benzene rings is 1. The van der Waals surface area contributed by atoms with Gasteiger partial charge in [-0.2, -0.15) is 0 Å². The smallest absolute Gasteiger partial charge is 0.331 e. The van der Waals surface area contributed by atoms with Gasteiger partial charge in [-0.1, -0.05) is 37.8 Å². The molecule has 2 rings (SSSR count). The number of carbonyl (C=O) groups is 2. The first-order valence-corrected chi connectivity index (χ1v) is 7.79. The molecule has 5 nitrogen and oxygen atoms in total. The van der Waals surface area contributed by atoms with Gasteiger partial charge in [-0.3, -0.25) is 4.79 Å². The van der Waals surface area contributed by atoms with E-state index in [1.807, 2.05) is 12.1 Å². The van der Waals surface area contributed by atoms with Crippen molar-refractivity contribution in [2.75, 3.05) is 12.8 Å². The molecule has 0 bridgehead atoms. The number of nitrogens with two attached hydrogens (primary N) is 1. The topological polar surface area (TPSA) is 81.4 Å². The molecule has 22 heavy (non-hydrogen) atoms. The third kappa shape index (κ3) is 4.00. The number of amides is 1. The summed E-state index contributed by atoms with van der Waals surface area (Å²) in [6, 6.07) is 7.19. The first kappa shape index (κ1) is 16.3. The van der Waals surface area contributed by atoms with Crippen LogP contribution in [-0.4, -0.2) is 24.5 Å². The monoisotopic (exact) mass is 304 g/mol. The van der Waals surface area contributed by atoms with E-state index >= 15 is 0 Å². The fourth-order valence-electron chi connectivity index (χ4n) is 3.04. The second-order valence-electron chi connectivity index (χ2n) is 5.95. The van der Waals surface area contributed by atoms with Crippen LogP contribution in [0.1, 0.15) is 44.1 Å². The number of esters is 1. The summed E-state index contributed by atoms with van der Waals surface area (Å²) in [6.07, 6.45) is 5.56. The fraction of sp³-hybridized carbons (Fsp3) is 0.529. The van der Waals surface area contributed by atoms with E-state index in [-0.39, 0.29) is 18.3 Å². The highest BCUT2D eigenvalue weighted by molar-refractivity contribution is 5.89. The fourth-order valence-corrected chi connectivity index (χ4v) is 3.04. The summed E-state index contributed by atoms with van der Waals surface area (Å²) in [5.41, 5.74) is 6.32. The van der Waals surface area contributed by atoms with Gasteiger partial charge in [-0.25, -0.2) is 4.79 Å². The highest BCUT2D eigenvalue weighted by Gasteiger charge is 2.40. The van der Waals surface area contributed by atoms with Crippen molar-refractivity contribution in [2.24, 2.45) is 0 Å². The van der Waals surface area contributed by atoms with Crippen LogP contribution in [-0.2, 0) is 20.7 Å². The number of ether oxygens (including phenoxy) is 1. The van der Waals surface area contributed by atoms with Crippen LogP contribution in [0.2, 0.25) is 0 Å². The molecule has 1 aromatic rings. The van der Waals surface area contributed by atoms with E-state index in [0.29, 0.717) is 18.5 Å². The molecule has 0 spiro atoms. The van der Waals surface area contributed by atoms with Crippen LogP contribution < -0.4 is 11.1 Å². The van der Waals surface area contributed by atoms with Crippen LogP contribution >= 0.6 is 0 Å². The Morgan fingerprint density at radius 2 is 1.73 bits per heavy atom. The van der Waals surface area contributed by atoms with Crippen molar-refractivity contribution in [3.8, 4) is 0 Å². The highest BCUT2D eigenvalue weighted by Crippen LogP contribution is 2.28. The molecule has 0 heterocycles. The Morgan fingerprint density at radius 1 is 1.14 bits per heavy atom. The number of methoxy groups -OCH3 is 1. The summed E-state index contributed by atoms with van der Waals surface area (Å²) >= 11 is 0. The van der Waals surface area contributed by atoms with Crippen molar-refractivity contribution in [1.82, 2.24) is 5.32 Å². The van der Waals surface area contributed by atoms with Crippen molar-refractivity contribution in [1.29, 1.82) is 0 Å². The number of hydrogen-bond donors (Lipinski definition) is 2. The molecule has 0 unspecified atom stereocenters. The number of nitrogens with one attached hydrogen (secondary N) is 1. The van der Waals surface area contributed by atoms with E-state index in [9.17, 15) is 9.59 Å². The van der Waals surface area contributed by atoms with E-state index in [1.54, 1.807) is 12.1 Å². The molecular weight excluding hydrogens is 280 g/mol. The van der Waals surface area contributed by atoms with Crippen LogP contribution in [0.25, 0.3) is 0 Å². The number of carbonyl (C=O) groups excluding carboxylic acids is 2. The first-order valence-electron chi connectivity index (χ1n) is 7.79. The molecule has 1 aliphatic rings. The Hall–Kier alpha value is -2.04. The second kappa shape index (κ2) is 7.29. The number of hydrogen-bond acceptors (Lipinski definition) is 4. The number of nitrogen functional groups attached to an aromatic ring is 1. The average molecular weight is 304 g/mol. The average Bonchev–Trinajstić information content (AvgIpc) is 2.75. The van der Waals surface area contributed by atoms with Gasteiger partial charge in [-0.15, -0.1) is 0 Å². The first-order chi connectivity index (χ1) is 10.6. The predicted molar refractivity (Wildman–Crippen MR) is 85.2 cm³/mol. The summed E-state index contributed by atoms with van der Waals surface area (Å²) in [4.78, 5) is 24.6. The van der Waals surface area contributed by atoms with E-state index in [0.717, 1.165) is 31.2 Å². The van der Waals surface area contributed by atoms with E-state index in [2.05, 4.69) is 5.32 Å². The van der Waals surface area contributed by atoms with E-state index < -0.39 is 5.54 Å². The molecule has 1 aliphatic carbocycles. The Balaban J connectivity index is 2.07. The Morgan fingerprint density at radius 3 is 2.27 bits per heavy atom. The molecule has 1 fully saturated rings. The second-order valence-corrected chi connectivity index (χ2v) is 5.95. The van der Waals surface area contributed by atoms with Gasteiger partial charge in [0.1, 0.15) is 5.54 Å². The molecule has 1 saturated carbocycles. The van der Waals surface area contributed by atoms with Gasteiger partial charge in [-0.05, 0) is 30.5 Å². The molecule has 0 radical (unpaired) electrons. The number of anilines is 1. The Labute approximate surface area is 131 Å². The SMILES string of the molecule is COC(=O)C1(NC(=O)Cc2ccc(N)cc2)CCCCCC1. The van der Waals surface area contributed by atoms with Crippen LogP contribution in [0.3, 0.4) is 0 Å². The van der Waals surface area contributed by atoms with Crippen molar-refractivity contribution in [3.05, 3.63) is 29.8 Å². The van der Waals surface area contributed by atoms with Gasteiger partial charge in [0.15, 0.2) is 0 Å². The minimum absolute atomic E-state index is 0.155. The molecule has 0 aromatic heterocycles. The van der Waals surface area contributed by atoms with Gasteiger partial charge >= 0.3 is 5.97 Å². The molecule has 3 N–H and O–H groups in total. The van der Waals surface area contributed by atoms with Crippen LogP contribution in [0, 0.1) is 0 Å². The summed E-state index contributed by atoms with van der Waals surface area (Å²) in [6.45, 7) is 0. The zero-order chi connectivity index (χ0) is 16.0. The molecular formula is C17H24N2O3. The Kier molecular flexibility index (Phi) is 5.41. The zero-order valence-electron chi connectivity index (χ0n) is 13.1. The molecule has 0 aliphatic heterocycles. The van der Waals surface area contributed by atoms with Crippen molar-refractivity contribution >= 4 is 17.6 Å². The molecule has 0 atom stereocenters. The van der Waals surface area contributed by atoms with E-state index in [1.165, 1.54) is 7.11 Å². The zero-order valence-corrected chi connectivity index (χ0v) is 13.1. The molecule has 1 aromatic carbocycles. The lowest BCUT2D eigenvalue weighted by Gasteiger charge is -2.31. The van der Waals surface area contributed by atoms with Gasteiger partial charge in [0, 0.05) is 5.69 Å². The lowest BCUT2D eigenvalue weighted by molar-refractivity contribution is -0.151. The summed E-state index contributed by atoms with van der Waals surface area (Å²) in [5.74, 6) is -0.489. The maximum Gasteiger partial charge on any atom is 0.331 e. The third-order valence-corrected chi connectivity index (χ3v) is 4.26. The van der Waals surface area contributed by atoms with Crippen LogP contribution in [0.15, 0.2) is 24.3 Å². The summed E-state index contributed by atoms with van der Waals surface area (Å²) < 4.78 is 4.95. The maximum absolute atomic E-state index is 12.4. The normalized spacial score (nSPS) is 17.3. The molecule has 0 saturated heterocycles. The van der Waals surface area contributed by atoms with Gasteiger partial charge in [0.25, 0.3) is 0 Å². The molecule has 120 valence electrons. The van der Waals surface area contributed by atoms with Crippen molar-refractivity contribution in [2.45, 2.75) is 50.5 Å². The van der Waals surface area contributed by atoms with Gasteiger partial charge < -0.3 is 15.8 Å². The largest absolute Gasteiger partial charge is 0.467 e. The van der Waals surface area contributed by atoms with E-state index in [4.69, 9.17) is 10.5 Å². The predicted octanol–water partition coefficient (Wildman–Crippen LogP) is 2.19. The summed E-state index contributed by atoms with van der Waals surface area (Å²) in [5, 5.41) is 2.94. The Bertz CT molecular complexity index is 517. The third-order valence-electron chi connectivity index (χ3n) is 4.26. The number of rotatable bonds is 4.